The maximum atomic E-state index is 12.4. The van der Waals surface area contributed by atoms with Crippen molar-refractivity contribution < 1.29 is 22.7 Å². The summed E-state index contributed by atoms with van der Waals surface area (Å²) in [6.45, 7) is 5.82. The summed E-state index contributed by atoms with van der Waals surface area (Å²) in [6.07, 6.45) is -3.97. The highest BCUT2D eigenvalue weighted by Crippen LogP contribution is 2.33. The van der Waals surface area contributed by atoms with Crippen LogP contribution in [-0.2, 0) is 13.0 Å². The van der Waals surface area contributed by atoms with Crippen LogP contribution in [0.5, 0.6) is 5.75 Å². The van der Waals surface area contributed by atoms with Gasteiger partial charge in [0.05, 0.1) is 5.02 Å². The van der Waals surface area contributed by atoms with Gasteiger partial charge in [0.15, 0.2) is 0 Å². The first-order valence-electron chi connectivity index (χ1n) is 9.60. The van der Waals surface area contributed by atoms with Crippen molar-refractivity contribution in [2.24, 2.45) is 5.73 Å². The second-order valence-electron chi connectivity index (χ2n) is 7.13. The molecule has 2 aromatic rings. The maximum Gasteiger partial charge on any atom is 0.573 e. The molecule has 3 rings (SSSR count). The lowest BCUT2D eigenvalue weighted by atomic mass is 10.0. The van der Waals surface area contributed by atoms with Crippen LogP contribution in [0.15, 0.2) is 36.4 Å². The van der Waals surface area contributed by atoms with E-state index in [-0.39, 0.29) is 5.02 Å². The second-order valence-corrected chi connectivity index (χ2v) is 7.53. The summed E-state index contributed by atoms with van der Waals surface area (Å²) in [5, 5.41) is -0.0746. The van der Waals surface area contributed by atoms with E-state index in [2.05, 4.69) is 14.5 Å². The summed E-state index contributed by atoms with van der Waals surface area (Å²) < 4.78 is 41.1. The van der Waals surface area contributed by atoms with Gasteiger partial charge in [-0.15, -0.1) is 13.2 Å². The number of carbonyl (C=O) groups is 1. The third-order valence-corrected chi connectivity index (χ3v) is 5.44. The van der Waals surface area contributed by atoms with Crippen LogP contribution in [0.1, 0.15) is 28.4 Å². The number of halogens is 4. The van der Waals surface area contributed by atoms with E-state index in [1.54, 1.807) is 12.1 Å². The van der Waals surface area contributed by atoms with Gasteiger partial charge in [-0.05, 0) is 47.9 Å². The van der Waals surface area contributed by atoms with Gasteiger partial charge in [0, 0.05) is 44.0 Å². The average molecular weight is 442 g/mol. The van der Waals surface area contributed by atoms with Crippen LogP contribution >= 0.6 is 11.6 Å². The Labute approximate surface area is 178 Å². The molecule has 0 aromatic heterocycles. The predicted molar refractivity (Wildman–Crippen MR) is 110 cm³/mol. The van der Waals surface area contributed by atoms with E-state index in [0.29, 0.717) is 5.56 Å². The molecular formula is C21H23ClF3N3O2. The van der Waals surface area contributed by atoms with E-state index in [9.17, 15) is 18.0 Å². The first kappa shape index (κ1) is 22.2. The van der Waals surface area contributed by atoms with Gasteiger partial charge in [0.1, 0.15) is 5.75 Å². The Hall–Kier alpha value is -2.45. The van der Waals surface area contributed by atoms with Crippen LogP contribution in [-0.4, -0.2) is 43.3 Å². The fourth-order valence-corrected chi connectivity index (χ4v) is 3.77. The number of primary amides is 1. The largest absolute Gasteiger partial charge is 0.573 e. The zero-order valence-electron chi connectivity index (χ0n) is 16.5. The van der Waals surface area contributed by atoms with Crippen molar-refractivity contribution in [1.29, 1.82) is 0 Å². The van der Waals surface area contributed by atoms with Gasteiger partial charge >= 0.3 is 6.36 Å². The van der Waals surface area contributed by atoms with Gasteiger partial charge in [-0.25, -0.2) is 0 Å². The topological polar surface area (TPSA) is 58.8 Å². The molecule has 1 aliphatic heterocycles. The Balaban J connectivity index is 1.61. The van der Waals surface area contributed by atoms with E-state index in [1.165, 1.54) is 12.1 Å². The van der Waals surface area contributed by atoms with Gasteiger partial charge in [-0.1, -0.05) is 24.6 Å². The SMILES string of the molecule is CCc1cc(C(N)=O)ccc1CN1CCN(c2ccc(OC(F)(F)F)c(Cl)c2)CC1. The van der Waals surface area contributed by atoms with E-state index in [0.717, 1.165) is 56.0 Å². The van der Waals surface area contributed by atoms with Gasteiger partial charge < -0.3 is 15.4 Å². The summed E-state index contributed by atoms with van der Waals surface area (Å²) in [5.41, 5.74) is 8.89. The van der Waals surface area contributed by atoms with Crippen molar-refractivity contribution in [3.05, 3.63) is 58.1 Å². The molecule has 2 aromatic carbocycles. The molecule has 1 heterocycles. The Bertz CT molecular complexity index is 913. The Morgan fingerprint density at radius 2 is 1.80 bits per heavy atom. The number of anilines is 1. The highest BCUT2D eigenvalue weighted by molar-refractivity contribution is 6.32. The monoisotopic (exact) mass is 441 g/mol. The van der Waals surface area contributed by atoms with Crippen molar-refractivity contribution in [2.75, 3.05) is 31.1 Å². The average Bonchev–Trinajstić information content (AvgIpc) is 2.69. The summed E-state index contributed by atoms with van der Waals surface area (Å²) in [7, 11) is 0. The number of rotatable bonds is 6. The number of hydrogen-bond donors (Lipinski definition) is 1. The smallest absolute Gasteiger partial charge is 0.404 e. The fourth-order valence-electron chi connectivity index (χ4n) is 3.56. The summed E-state index contributed by atoms with van der Waals surface area (Å²) in [6, 6.07) is 9.87. The lowest BCUT2D eigenvalue weighted by Crippen LogP contribution is -2.46. The molecule has 9 heteroatoms. The van der Waals surface area contributed by atoms with E-state index in [4.69, 9.17) is 17.3 Å². The number of ether oxygens (including phenoxy) is 1. The molecule has 1 saturated heterocycles. The normalized spacial score (nSPS) is 15.3. The molecular weight excluding hydrogens is 419 g/mol. The number of benzene rings is 2. The van der Waals surface area contributed by atoms with Crippen molar-refractivity contribution in [2.45, 2.75) is 26.3 Å². The van der Waals surface area contributed by atoms with Crippen LogP contribution in [0.2, 0.25) is 5.02 Å². The van der Waals surface area contributed by atoms with E-state index >= 15 is 0 Å². The molecule has 30 heavy (non-hydrogen) atoms. The molecule has 1 amide bonds. The molecule has 1 fully saturated rings. The lowest BCUT2D eigenvalue weighted by molar-refractivity contribution is -0.274. The predicted octanol–water partition coefficient (Wildman–Crippen LogP) is 4.22. The van der Waals surface area contributed by atoms with Crippen LogP contribution in [0.3, 0.4) is 0 Å². The molecule has 0 radical (unpaired) electrons. The Morgan fingerprint density at radius 3 is 2.37 bits per heavy atom. The minimum absolute atomic E-state index is 0.0746. The highest BCUT2D eigenvalue weighted by atomic mass is 35.5. The first-order chi connectivity index (χ1) is 14.2. The number of piperazine rings is 1. The lowest BCUT2D eigenvalue weighted by Gasteiger charge is -2.36. The second kappa shape index (κ2) is 9.14. The molecule has 0 unspecified atom stereocenters. The zero-order valence-corrected chi connectivity index (χ0v) is 17.3. The van der Waals surface area contributed by atoms with Gasteiger partial charge in [0.2, 0.25) is 5.91 Å². The summed E-state index contributed by atoms with van der Waals surface area (Å²) in [4.78, 5) is 15.8. The minimum atomic E-state index is -4.77. The van der Waals surface area contributed by atoms with Crippen LogP contribution in [0.4, 0.5) is 18.9 Å². The maximum absolute atomic E-state index is 12.4. The van der Waals surface area contributed by atoms with E-state index < -0.39 is 18.0 Å². The molecule has 0 atom stereocenters. The standard InChI is InChI=1S/C21H23ClF3N3O2/c1-2-14-11-15(20(26)29)3-4-16(14)13-27-7-9-28(10-8-27)17-5-6-19(18(22)12-17)30-21(23,24)25/h3-6,11-12H,2,7-10,13H2,1H3,(H2,26,29). The Morgan fingerprint density at radius 1 is 1.10 bits per heavy atom. The molecule has 5 nitrogen and oxygen atoms in total. The van der Waals surface area contributed by atoms with Crippen LogP contribution in [0.25, 0.3) is 0 Å². The van der Waals surface area contributed by atoms with E-state index in [1.807, 2.05) is 19.1 Å². The van der Waals surface area contributed by atoms with Crippen molar-refractivity contribution in [1.82, 2.24) is 4.90 Å². The van der Waals surface area contributed by atoms with Crippen molar-refractivity contribution in [3.63, 3.8) is 0 Å². The third-order valence-electron chi connectivity index (χ3n) is 5.14. The van der Waals surface area contributed by atoms with Crippen molar-refractivity contribution in [3.8, 4) is 5.75 Å². The molecule has 1 aliphatic rings. The molecule has 0 saturated carbocycles. The van der Waals surface area contributed by atoms with Gasteiger partial charge in [0.25, 0.3) is 0 Å². The van der Waals surface area contributed by atoms with Gasteiger partial charge in [-0.2, -0.15) is 0 Å². The Kier molecular flexibility index (Phi) is 6.77. The number of carbonyl (C=O) groups excluding carboxylic acids is 1. The number of hydrogen-bond acceptors (Lipinski definition) is 4. The highest BCUT2D eigenvalue weighted by Gasteiger charge is 2.32. The summed E-state index contributed by atoms with van der Waals surface area (Å²) >= 11 is 5.96. The molecule has 0 spiro atoms. The number of nitrogens with zero attached hydrogens (tertiary/aromatic N) is 2. The molecule has 2 N–H and O–H groups in total. The number of amides is 1. The third kappa shape index (κ3) is 5.58. The number of nitrogens with two attached hydrogens (primary N) is 1. The number of alkyl halides is 3. The molecule has 162 valence electrons. The van der Waals surface area contributed by atoms with Gasteiger partial charge in [-0.3, -0.25) is 9.69 Å². The minimum Gasteiger partial charge on any atom is -0.404 e. The van der Waals surface area contributed by atoms with Crippen LogP contribution < -0.4 is 15.4 Å². The van der Waals surface area contributed by atoms with Crippen molar-refractivity contribution >= 4 is 23.2 Å². The molecule has 0 bridgehead atoms. The summed E-state index contributed by atoms with van der Waals surface area (Å²) in [5.74, 6) is -0.840. The quantitative estimate of drug-likeness (QED) is 0.729. The first-order valence-corrected chi connectivity index (χ1v) is 9.98. The van der Waals surface area contributed by atoms with Crippen LogP contribution in [0, 0.1) is 0 Å². The zero-order chi connectivity index (χ0) is 21.9. The fraction of sp³-hybridized carbons (Fsp3) is 0.381. The number of aryl methyl sites for hydroxylation is 1. The molecule has 0 aliphatic carbocycles.